The van der Waals surface area contributed by atoms with E-state index in [1.807, 2.05) is 0 Å². The van der Waals surface area contributed by atoms with Crippen molar-refractivity contribution in [1.29, 1.82) is 0 Å². The molecule has 8 bridgehead atoms. The van der Waals surface area contributed by atoms with Crippen LogP contribution in [0.25, 0.3) is 90.9 Å². The Morgan fingerprint density at radius 2 is 0.531 bits per heavy atom. The van der Waals surface area contributed by atoms with Gasteiger partial charge in [0.25, 0.3) is 0 Å². The van der Waals surface area contributed by atoms with Crippen molar-refractivity contribution >= 4 is 46.4 Å². The molecule has 0 saturated heterocycles. The molecule has 7 aromatic rings. The molecule has 0 fully saturated rings. The van der Waals surface area contributed by atoms with Crippen molar-refractivity contribution in [2.45, 2.75) is 186 Å². The molecule has 0 unspecified atom stereocenters. The van der Waals surface area contributed by atoms with Crippen molar-refractivity contribution < 1.29 is 17.1 Å². The first-order valence-corrected chi connectivity index (χ1v) is 30.0. The zero-order chi connectivity index (χ0) is 58.0. The molecule has 9 rings (SSSR count). The smallest absolute Gasteiger partial charge is 0.657 e. The molecule has 3 aromatic heterocycles. The molecule has 4 nitrogen and oxygen atoms in total. The largest absolute Gasteiger partial charge is 2.00 e. The van der Waals surface area contributed by atoms with E-state index in [1.165, 1.54) is 44.5 Å². The van der Waals surface area contributed by atoms with Crippen LogP contribution in [-0.4, -0.2) is 9.97 Å². The van der Waals surface area contributed by atoms with Crippen molar-refractivity contribution in [2.24, 2.45) is 23.7 Å². The maximum absolute atomic E-state index is 5.83. The minimum atomic E-state index is -0.104. The van der Waals surface area contributed by atoms with Crippen molar-refractivity contribution in [3.05, 3.63) is 164 Å². The molecule has 5 heterocycles. The predicted octanol–water partition coefficient (Wildman–Crippen LogP) is 20.6. The van der Waals surface area contributed by atoms with E-state index in [1.54, 1.807) is 0 Å². The quantitative estimate of drug-likeness (QED) is 0.114. The Morgan fingerprint density at radius 1 is 0.309 bits per heavy atom. The summed E-state index contributed by atoms with van der Waals surface area (Å²) in [4.78, 5) is 23.3. The molecular weight excluding hydrogens is 1030 g/mol. The number of fused-ring (bicyclic) bond motifs is 8. The molecule has 2 aliphatic heterocycles. The van der Waals surface area contributed by atoms with Crippen molar-refractivity contribution in [3.63, 3.8) is 0 Å². The molecule has 0 aliphatic carbocycles. The van der Waals surface area contributed by atoms with Gasteiger partial charge in [0.1, 0.15) is 0 Å². The minimum Gasteiger partial charge on any atom is -0.657 e. The molecule has 5 heteroatoms. The molecule has 427 valence electrons. The summed E-state index contributed by atoms with van der Waals surface area (Å²) in [5.41, 5.74) is 25.9. The molecule has 4 aromatic carbocycles. The van der Waals surface area contributed by atoms with Crippen molar-refractivity contribution in [3.8, 4) is 44.5 Å². The summed E-state index contributed by atoms with van der Waals surface area (Å²) in [6.07, 6.45) is 12.9. The summed E-state index contributed by atoms with van der Waals surface area (Å²) in [6.45, 7) is 46.4. The molecule has 2 aliphatic rings. The standard InChI is InChI=1S/C76H92N4.Cu/c1-45(2)29-49-33-50(30-46(3)4)35-53(34-49)69-61-21-23-63(77-61)70(54-36-51(31-47(5)6)38-57(40-54)73(9,10)11)65-25-27-67(79-65)72(56-42-59(75(15,16)17)44-60(43-56)76(18,19)20)68-28-26-66(80-68)71(64-24-22-62(69)78-64)55-37-52(32-48(7)8)39-58(41-55)74(12,13)14;/h21-28,33-48H,29-32H2,1-20H3;/q-2;+2. The van der Waals surface area contributed by atoms with Crippen LogP contribution in [0.2, 0.25) is 0 Å². The Balaban J connectivity index is 0.00000860. The van der Waals surface area contributed by atoms with E-state index in [0.717, 1.165) is 115 Å². The maximum atomic E-state index is 5.83. The molecular formula is C76H92CuN4. The van der Waals surface area contributed by atoms with Crippen LogP contribution in [0.5, 0.6) is 0 Å². The zero-order valence-corrected chi connectivity index (χ0v) is 53.7. The molecule has 1 radical (unpaired) electrons. The van der Waals surface area contributed by atoms with Crippen LogP contribution in [0.4, 0.5) is 0 Å². The van der Waals surface area contributed by atoms with Crippen molar-refractivity contribution in [2.75, 3.05) is 0 Å². The topological polar surface area (TPSA) is 54.0 Å². The van der Waals surface area contributed by atoms with Gasteiger partial charge in [-0.3, -0.25) is 0 Å². The number of rotatable bonds is 12. The van der Waals surface area contributed by atoms with E-state index in [2.05, 4.69) is 260 Å². The Hall–Kier alpha value is -6.00. The Kier molecular flexibility index (Phi) is 17.6. The predicted molar refractivity (Wildman–Crippen MR) is 348 cm³/mol. The van der Waals surface area contributed by atoms with Gasteiger partial charge >= 0.3 is 17.1 Å². The Morgan fingerprint density at radius 3 is 0.778 bits per heavy atom. The van der Waals surface area contributed by atoms with Gasteiger partial charge in [-0.1, -0.05) is 236 Å². The van der Waals surface area contributed by atoms with Gasteiger partial charge in [-0.05, 0) is 184 Å². The van der Waals surface area contributed by atoms with Crippen LogP contribution in [-0.2, 0) is 64.4 Å². The first-order valence-electron chi connectivity index (χ1n) is 30.0. The summed E-state index contributed by atoms with van der Waals surface area (Å²) in [5, 5.41) is 0. The van der Waals surface area contributed by atoms with Gasteiger partial charge in [0, 0.05) is 0 Å². The minimum absolute atomic E-state index is 0. The SMILES string of the molecule is CC(C)Cc1cc(CC(C)C)cc(-c2c3nc(c(-c4cc(CC(C)C)cc(C(C)(C)C)c4)c4ccc([n-]4)c(-c4cc(C(C)(C)C)cc(C(C)(C)C)c4)c4nc(c(-c5cc(CC(C)C)cc(C(C)(C)C)c5)c5ccc2[n-]5)C=C4)C=C3)c1.[Cu+2]. The summed E-state index contributed by atoms with van der Waals surface area (Å²) in [5.74, 6) is 1.97. The van der Waals surface area contributed by atoms with Gasteiger partial charge < -0.3 is 9.97 Å². The van der Waals surface area contributed by atoms with Gasteiger partial charge in [0.05, 0.1) is 22.8 Å². The first kappa shape index (κ1) is 61.1. The zero-order valence-electron chi connectivity index (χ0n) is 52.8. The van der Waals surface area contributed by atoms with E-state index in [4.69, 9.17) is 19.9 Å². The van der Waals surface area contributed by atoms with Crippen LogP contribution in [0.1, 0.15) is 206 Å². The normalized spacial score (nSPS) is 13.1. The fourth-order valence-electron chi connectivity index (χ4n) is 11.7. The van der Waals surface area contributed by atoms with Crippen LogP contribution >= 0.6 is 0 Å². The Labute approximate surface area is 498 Å². The molecule has 0 saturated carbocycles. The van der Waals surface area contributed by atoms with Crippen molar-refractivity contribution in [1.82, 2.24) is 19.9 Å². The van der Waals surface area contributed by atoms with Gasteiger partial charge in [0.15, 0.2) is 0 Å². The van der Waals surface area contributed by atoms with Crippen LogP contribution in [0.15, 0.2) is 97.1 Å². The van der Waals surface area contributed by atoms with Gasteiger partial charge in [-0.25, -0.2) is 9.97 Å². The molecule has 0 spiro atoms. The number of nitrogens with zero attached hydrogens (tertiary/aromatic N) is 4. The van der Waals surface area contributed by atoms with Gasteiger partial charge in [-0.2, -0.15) is 0 Å². The molecule has 0 amide bonds. The third-order valence-electron chi connectivity index (χ3n) is 15.8. The Bertz CT molecular complexity index is 3570. The van der Waals surface area contributed by atoms with Crippen LogP contribution in [0, 0.1) is 23.7 Å². The van der Waals surface area contributed by atoms with E-state index in [-0.39, 0.29) is 38.7 Å². The summed E-state index contributed by atoms with van der Waals surface area (Å²) in [7, 11) is 0. The third kappa shape index (κ3) is 13.9. The van der Waals surface area contributed by atoms with E-state index in [9.17, 15) is 0 Å². The average molecular weight is 1130 g/mol. The fourth-order valence-corrected chi connectivity index (χ4v) is 11.7. The second-order valence-corrected chi connectivity index (χ2v) is 29.4. The number of aromatic nitrogens is 4. The summed E-state index contributed by atoms with van der Waals surface area (Å²) in [6, 6.07) is 37.9. The maximum Gasteiger partial charge on any atom is 2.00 e. The molecule has 0 atom stereocenters. The van der Waals surface area contributed by atoms with E-state index >= 15 is 0 Å². The molecule has 81 heavy (non-hydrogen) atoms. The molecule has 0 N–H and O–H groups in total. The second kappa shape index (κ2) is 23.3. The van der Waals surface area contributed by atoms with Crippen LogP contribution < -0.4 is 9.97 Å². The van der Waals surface area contributed by atoms with Gasteiger partial charge in [-0.15, -0.1) is 22.1 Å². The van der Waals surface area contributed by atoms with E-state index in [0.29, 0.717) is 23.7 Å². The van der Waals surface area contributed by atoms with E-state index < -0.39 is 0 Å². The second-order valence-electron chi connectivity index (χ2n) is 29.4. The number of benzene rings is 4. The van der Waals surface area contributed by atoms with Gasteiger partial charge in [0.2, 0.25) is 0 Å². The fraction of sp³-hybridized carbons (Fsp3) is 0.421. The average Bonchev–Trinajstić information content (AvgIpc) is 4.23. The number of hydrogen-bond acceptors (Lipinski definition) is 2. The third-order valence-corrected chi connectivity index (χ3v) is 15.8. The summed E-state index contributed by atoms with van der Waals surface area (Å²) < 4.78 is 0. The number of hydrogen-bond donors (Lipinski definition) is 0. The monoisotopic (exact) mass is 1120 g/mol. The first-order chi connectivity index (χ1) is 37.4. The summed E-state index contributed by atoms with van der Waals surface area (Å²) >= 11 is 0. The van der Waals surface area contributed by atoms with Crippen LogP contribution in [0.3, 0.4) is 0 Å².